The molecule has 1 amide bonds. The van der Waals surface area contributed by atoms with Crippen LogP contribution in [-0.2, 0) is 19.8 Å². The summed E-state index contributed by atoms with van der Waals surface area (Å²) in [6, 6.07) is -1.89. The molecule has 7 nitrogen and oxygen atoms in total. The lowest BCUT2D eigenvalue weighted by molar-refractivity contribution is -0.138. The minimum Gasteiger partial charge on any atom is -0.480 e. The first-order chi connectivity index (χ1) is 7.41. The normalized spacial score (nSPS) is 13.9. The van der Waals surface area contributed by atoms with E-state index in [2.05, 4.69) is 0 Å². The van der Waals surface area contributed by atoms with Crippen LogP contribution < -0.4 is 5.32 Å². The maximum atomic E-state index is 12.3. The average molecular weight is 271 g/mol. The van der Waals surface area contributed by atoms with E-state index in [1.54, 1.807) is 5.32 Å². The van der Waals surface area contributed by atoms with Gasteiger partial charge in [0.15, 0.2) is 0 Å². The summed E-state index contributed by atoms with van der Waals surface area (Å²) in [7, 11) is -5.01. The SMILES string of the molecule is CC(C)(C)OC(=O)NC(CS(=O)(=O)F)C(=O)O. The number of hydrogen-bond donors (Lipinski definition) is 2. The van der Waals surface area contributed by atoms with Crippen LogP contribution in [0, 0.1) is 0 Å². The highest BCUT2D eigenvalue weighted by Gasteiger charge is 2.28. The van der Waals surface area contributed by atoms with Gasteiger partial charge in [0.05, 0.1) is 0 Å². The molecule has 0 rings (SSSR count). The molecule has 0 aliphatic heterocycles. The van der Waals surface area contributed by atoms with Gasteiger partial charge in [0, 0.05) is 0 Å². The topological polar surface area (TPSA) is 110 Å². The Morgan fingerprint density at radius 2 is 1.88 bits per heavy atom. The van der Waals surface area contributed by atoms with Crippen LogP contribution in [0.4, 0.5) is 8.68 Å². The molecule has 0 radical (unpaired) electrons. The molecule has 0 bridgehead atoms. The van der Waals surface area contributed by atoms with Crippen molar-refractivity contribution < 1.29 is 31.7 Å². The molecule has 0 aromatic carbocycles. The third kappa shape index (κ3) is 8.43. The zero-order valence-corrected chi connectivity index (χ0v) is 10.4. The zero-order valence-electron chi connectivity index (χ0n) is 9.56. The molecule has 0 spiro atoms. The van der Waals surface area contributed by atoms with Crippen LogP contribution >= 0.6 is 0 Å². The fourth-order valence-electron chi connectivity index (χ4n) is 0.824. The highest BCUT2D eigenvalue weighted by Crippen LogP contribution is 2.07. The Balaban J connectivity index is 4.58. The van der Waals surface area contributed by atoms with Crippen molar-refractivity contribution in [1.29, 1.82) is 0 Å². The van der Waals surface area contributed by atoms with E-state index < -0.39 is 39.7 Å². The summed E-state index contributed by atoms with van der Waals surface area (Å²) in [5.74, 6) is -3.02. The molecule has 0 heterocycles. The molecule has 0 aliphatic rings. The largest absolute Gasteiger partial charge is 0.480 e. The van der Waals surface area contributed by atoms with Gasteiger partial charge in [-0.25, -0.2) is 9.59 Å². The van der Waals surface area contributed by atoms with E-state index in [4.69, 9.17) is 9.84 Å². The van der Waals surface area contributed by atoms with Crippen LogP contribution in [-0.4, -0.2) is 43.0 Å². The second-order valence-electron chi connectivity index (χ2n) is 4.24. The van der Waals surface area contributed by atoms with Crippen molar-refractivity contribution in [2.45, 2.75) is 32.4 Å². The number of halogens is 1. The fourth-order valence-corrected chi connectivity index (χ4v) is 1.45. The van der Waals surface area contributed by atoms with Crippen LogP contribution in [0.25, 0.3) is 0 Å². The van der Waals surface area contributed by atoms with E-state index in [1.807, 2.05) is 0 Å². The summed E-state index contributed by atoms with van der Waals surface area (Å²) >= 11 is 0. The first-order valence-electron chi connectivity index (χ1n) is 4.55. The summed E-state index contributed by atoms with van der Waals surface area (Å²) < 4.78 is 37.6. The van der Waals surface area contributed by atoms with E-state index in [0.717, 1.165) is 0 Å². The van der Waals surface area contributed by atoms with Gasteiger partial charge in [-0.1, -0.05) is 0 Å². The molecule has 100 valence electrons. The highest BCUT2D eigenvalue weighted by atomic mass is 32.3. The number of nitrogens with one attached hydrogen (secondary N) is 1. The third-order valence-corrected chi connectivity index (χ3v) is 2.09. The van der Waals surface area contributed by atoms with Gasteiger partial charge in [-0.05, 0) is 20.8 Å². The summed E-state index contributed by atoms with van der Waals surface area (Å²) in [4.78, 5) is 21.7. The maximum Gasteiger partial charge on any atom is 0.408 e. The van der Waals surface area contributed by atoms with Gasteiger partial charge in [0.1, 0.15) is 17.4 Å². The number of carbonyl (C=O) groups is 2. The summed E-state index contributed by atoms with van der Waals surface area (Å²) in [5, 5.41) is 10.3. The lowest BCUT2D eigenvalue weighted by Crippen LogP contribution is -2.46. The molecule has 1 atom stereocenters. The monoisotopic (exact) mass is 271 g/mol. The number of carboxylic acids is 1. The highest BCUT2D eigenvalue weighted by molar-refractivity contribution is 7.86. The first-order valence-corrected chi connectivity index (χ1v) is 6.10. The molecule has 0 fully saturated rings. The minimum atomic E-state index is -5.01. The van der Waals surface area contributed by atoms with Gasteiger partial charge in [-0.15, -0.1) is 3.89 Å². The van der Waals surface area contributed by atoms with Crippen molar-refractivity contribution in [1.82, 2.24) is 5.32 Å². The molecular weight excluding hydrogens is 257 g/mol. The fraction of sp³-hybridized carbons (Fsp3) is 0.750. The molecule has 9 heteroatoms. The number of aliphatic carboxylic acids is 1. The molecular formula is C8H14FNO6S. The number of carboxylic acid groups (broad SMARTS) is 1. The number of rotatable bonds is 4. The molecule has 0 saturated heterocycles. The zero-order chi connectivity index (χ0) is 13.9. The predicted octanol–water partition coefficient (Wildman–Crippen LogP) is 0.264. The molecule has 0 aliphatic carbocycles. The van der Waals surface area contributed by atoms with Crippen molar-refractivity contribution >= 4 is 22.3 Å². The lowest BCUT2D eigenvalue weighted by atomic mass is 10.2. The van der Waals surface area contributed by atoms with E-state index in [9.17, 15) is 21.9 Å². The Kier molecular flexibility index (Phi) is 4.87. The third-order valence-electron chi connectivity index (χ3n) is 1.35. The van der Waals surface area contributed by atoms with Gasteiger partial charge in [-0.3, -0.25) is 0 Å². The van der Waals surface area contributed by atoms with Crippen molar-refractivity contribution in [3.05, 3.63) is 0 Å². The molecule has 1 unspecified atom stereocenters. The molecule has 17 heavy (non-hydrogen) atoms. The summed E-state index contributed by atoms with van der Waals surface area (Å²) in [6.45, 7) is 4.61. The van der Waals surface area contributed by atoms with Gasteiger partial charge >= 0.3 is 22.3 Å². The Morgan fingerprint density at radius 3 is 2.18 bits per heavy atom. The maximum absolute atomic E-state index is 12.3. The second-order valence-corrected chi connectivity index (χ2v) is 5.65. The Morgan fingerprint density at radius 1 is 1.41 bits per heavy atom. The van der Waals surface area contributed by atoms with Crippen LogP contribution in [0.1, 0.15) is 20.8 Å². The molecule has 0 aromatic rings. The standard InChI is InChI=1S/C8H14FNO6S/c1-8(2,3)16-7(13)10-5(6(11)12)4-17(9,14)15/h5H,4H2,1-3H3,(H,10,13)(H,11,12). The number of hydrogen-bond acceptors (Lipinski definition) is 5. The molecule has 2 N–H and O–H groups in total. The first kappa shape index (κ1) is 15.6. The van der Waals surface area contributed by atoms with Gasteiger partial charge in [0.25, 0.3) is 0 Å². The van der Waals surface area contributed by atoms with E-state index in [0.29, 0.717) is 0 Å². The van der Waals surface area contributed by atoms with Crippen molar-refractivity contribution in [2.75, 3.05) is 5.75 Å². The minimum absolute atomic E-state index is 0.873. The average Bonchev–Trinajstić information content (AvgIpc) is 1.95. The van der Waals surface area contributed by atoms with Gasteiger partial charge in [0.2, 0.25) is 0 Å². The van der Waals surface area contributed by atoms with Crippen LogP contribution in [0.5, 0.6) is 0 Å². The lowest BCUT2D eigenvalue weighted by Gasteiger charge is -2.21. The van der Waals surface area contributed by atoms with Crippen molar-refractivity contribution in [3.63, 3.8) is 0 Å². The van der Waals surface area contributed by atoms with E-state index >= 15 is 0 Å². The van der Waals surface area contributed by atoms with Gasteiger partial charge < -0.3 is 15.2 Å². The predicted molar refractivity (Wildman–Crippen MR) is 55.7 cm³/mol. The van der Waals surface area contributed by atoms with Crippen LogP contribution in [0.2, 0.25) is 0 Å². The summed E-state index contributed by atoms with van der Waals surface area (Å²) in [6.07, 6.45) is -1.13. The smallest absolute Gasteiger partial charge is 0.408 e. The quantitative estimate of drug-likeness (QED) is 0.710. The Bertz CT molecular complexity index is 399. The number of amides is 1. The van der Waals surface area contributed by atoms with E-state index in [1.165, 1.54) is 20.8 Å². The van der Waals surface area contributed by atoms with E-state index in [-0.39, 0.29) is 0 Å². The molecule has 0 saturated carbocycles. The Hall–Kier alpha value is -1.38. The second kappa shape index (κ2) is 5.30. The van der Waals surface area contributed by atoms with Crippen molar-refractivity contribution in [3.8, 4) is 0 Å². The van der Waals surface area contributed by atoms with Crippen LogP contribution in [0.15, 0.2) is 0 Å². The van der Waals surface area contributed by atoms with Gasteiger partial charge in [-0.2, -0.15) is 8.42 Å². The van der Waals surface area contributed by atoms with Crippen molar-refractivity contribution in [2.24, 2.45) is 0 Å². The Labute approximate surface area is 98.2 Å². The number of carbonyl (C=O) groups excluding carboxylic acids is 1. The number of alkyl carbamates (subject to hydrolysis) is 1. The number of ether oxygens (including phenoxy) is 1. The van der Waals surface area contributed by atoms with Crippen LogP contribution in [0.3, 0.4) is 0 Å². The summed E-state index contributed by atoms with van der Waals surface area (Å²) in [5.41, 5.74) is -0.873. The molecule has 0 aromatic heterocycles.